The van der Waals surface area contributed by atoms with Crippen molar-refractivity contribution in [3.05, 3.63) is 68.2 Å². The fraction of sp³-hybridized carbons (Fsp3) is 0.294. The van der Waals surface area contributed by atoms with E-state index < -0.39 is 0 Å². The molecule has 3 aromatic rings. The van der Waals surface area contributed by atoms with E-state index in [2.05, 4.69) is 0 Å². The molecule has 3 rings (SSSR count). The smallest absolute Gasteiger partial charge is 0.332 e. The van der Waals surface area contributed by atoms with Gasteiger partial charge in [-0.2, -0.15) is 0 Å². The average molecular weight is 330 g/mol. The second-order valence-electron chi connectivity index (χ2n) is 5.26. The first-order valence-corrected chi connectivity index (χ1v) is 8.34. The first kappa shape index (κ1) is 15.7. The second kappa shape index (κ2) is 6.93. The third-order valence-corrected chi connectivity index (χ3v) is 4.75. The van der Waals surface area contributed by atoms with Crippen LogP contribution in [0.3, 0.4) is 0 Å². The van der Waals surface area contributed by atoms with Crippen molar-refractivity contribution in [3.63, 3.8) is 0 Å². The molecule has 0 aliphatic heterocycles. The van der Waals surface area contributed by atoms with E-state index in [1.54, 1.807) is 17.7 Å². The predicted molar refractivity (Wildman–Crippen MR) is 92.4 cm³/mol. The third kappa shape index (κ3) is 3.13. The number of benzene rings is 1. The van der Waals surface area contributed by atoms with Crippen LogP contribution in [0.15, 0.2) is 51.4 Å². The van der Waals surface area contributed by atoms with E-state index in [4.69, 9.17) is 4.74 Å². The van der Waals surface area contributed by atoms with Crippen LogP contribution in [-0.2, 0) is 24.2 Å². The Balaban J connectivity index is 2.02. The van der Waals surface area contributed by atoms with Crippen LogP contribution in [0.4, 0.5) is 0 Å². The highest BCUT2D eigenvalue weighted by atomic mass is 32.1. The average Bonchev–Trinajstić information content (AvgIpc) is 3.05. The van der Waals surface area contributed by atoms with Gasteiger partial charge in [-0.15, -0.1) is 11.3 Å². The van der Waals surface area contributed by atoms with Gasteiger partial charge in [-0.1, -0.05) is 30.3 Å². The fourth-order valence-corrected chi connectivity index (χ4v) is 3.51. The number of ether oxygens (including phenoxy) is 1. The highest BCUT2D eigenvalue weighted by Crippen LogP contribution is 2.15. The molecule has 6 heteroatoms. The van der Waals surface area contributed by atoms with Crippen molar-refractivity contribution >= 4 is 21.6 Å². The minimum Gasteiger partial charge on any atom is -0.383 e. The number of thiophene rings is 1. The molecule has 0 fully saturated rings. The standard InChI is InChI=1S/C17H18N2O3S/c1-22-11-10-19-16-14(8-12-23-16)15(20)18(17(19)21)9-7-13-5-3-2-4-6-13/h2-6,8,12H,7,9-11H2,1H3. The molecule has 0 radical (unpaired) electrons. The summed E-state index contributed by atoms with van der Waals surface area (Å²) in [6.45, 7) is 1.25. The largest absolute Gasteiger partial charge is 0.383 e. The highest BCUT2D eigenvalue weighted by Gasteiger charge is 2.13. The Morgan fingerprint density at radius 1 is 1.04 bits per heavy atom. The second-order valence-corrected chi connectivity index (χ2v) is 6.15. The Kier molecular flexibility index (Phi) is 4.73. The number of hydrogen-bond donors (Lipinski definition) is 0. The van der Waals surface area contributed by atoms with E-state index in [9.17, 15) is 9.59 Å². The summed E-state index contributed by atoms with van der Waals surface area (Å²) < 4.78 is 8.05. The summed E-state index contributed by atoms with van der Waals surface area (Å²) in [5, 5.41) is 2.44. The van der Waals surface area contributed by atoms with E-state index in [-0.39, 0.29) is 11.2 Å². The Morgan fingerprint density at radius 3 is 2.57 bits per heavy atom. The predicted octanol–water partition coefficient (Wildman–Crippen LogP) is 2.11. The molecule has 0 atom stereocenters. The van der Waals surface area contributed by atoms with Crippen molar-refractivity contribution in [3.8, 4) is 0 Å². The quantitative estimate of drug-likeness (QED) is 0.696. The lowest BCUT2D eigenvalue weighted by Crippen LogP contribution is -2.40. The van der Waals surface area contributed by atoms with Gasteiger partial charge >= 0.3 is 5.69 Å². The minimum atomic E-state index is -0.266. The highest BCUT2D eigenvalue weighted by molar-refractivity contribution is 7.16. The first-order valence-electron chi connectivity index (χ1n) is 7.46. The Bertz CT molecular complexity index is 909. The summed E-state index contributed by atoms with van der Waals surface area (Å²) in [6, 6.07) is 11.6. The summed E-state index contributed by atoms with van der Waals surface area (Å²) in [5.41, 5.74) is 0.626. The lowest BCUT2D eigenvalue weighted by Gasteiger charge is -2.11. The molecular formula is C17H18N2O3S. The van der Waals surface area contributed by atoms with E-state index in [0.717, 1.165) is 5.56 Å². The van der Waals surface area contributed by atoms with E-state index in [1.165, 1.54) is 15.9 Å². The van der Waals surface area contributed by atoms with Crippen LogP contribution in [0.5, 0.6) is 0 Å². The summed E-state index contributed by atoms with van der Waals surface area (Å²) in [5.74, 6) is 0. The van der Waals surface area contributed by atoms with Gasteiger partial charge in [0.1, 0.15) is 4.83 Å². The molecule has 120 valence electrons. The molecule has 2 heterocycles. The summed E-state index contributed by atoms with van der Waals surface area (Å²) in [7, 11) is 1.60. The van der Waals surface area contributed by atoms with Crippen molar-refractivity contribution in [2.75, 3.05) is 13.7 Å². The number of hydrogen-bond acceptors (Lipinski definition) is 4. The molecule has 0 saturated heterocycles. The van der Waals surface area contributed by atoms with Gasteiger partial charge in [-0.05, 0) is 23.4 Å². The summed E-state index contributed by atoms with van der Waals surface area (Å²) in [6.07, 6.45) is 0.649. The topological polar surface area (TPSA) is 53.2 Å². The summed E-state index contributed by atoms with van der Waals surface area (Å²) in [4.78, 5) is 26.0. The van der Waals surface area contributed by atoms with Gasteiger partial charge in [0.15, 0.2) is 0 Å². The van der Waals surface area contributed by atoms with E-state index in [0.29, 0.717) is 36.3 Å². The molecule has 0 N–H and O–H groups in total. The van der Waals surface area contributed by atoms with Crippen LogP contribution < -0.4 is 11.2 Å². The normalized spacial score (nSPS) is 11.2. The van der Waals surface area contributed by atoms with Crippen LogP contribution in [0, 0.1) is 0 Å². The maximum absolute atomic E-state index is 12.7. The van der Waals surface area contributed by atoms with Crippen molar-refractivity contribution in [1.29, 1.82) is 0 Å². The minimum absolute atomic E-state index is 0.212. The Labute approximate surface area is 137 Å². The zero-order valence-corrected chi connectivity index (χ0v) is 13.7. The first-order chi connectivity index (χ1) is 11.2. The molecule has 23 heavy (non-hydrogen) atoms. The molecule has 2 aromatic heterocycles. The van der Waals surface area contributed by atoms with Crippen molar-refractivity contribution in [1.82, 2.24) is 9.13 Å². The number of nitrogens with zero attached hydrogens (tertiary/aromatic N) is 2. The number of fused-ring (bicyclic) bond motifs is 1. The fourth-order valence-electron chi connectivity index (χ4n) is 2.60. The van der Waals surface area contributed by atoms with Gasteiger partial charge in [0.2, 0.25) is 0 Å². The third-order valence-electron chi connectivity index (χ3n) is 3.81. The molecule has 0 aliphatic carbocycles. The molecule has 1 aromatic carbocycles. The number of aromatic nitrogens is 2. The van der Waals surface area contributed by atoms with Gasteiger partial charge in [0, 0.05) is 13.7 Å². The van der Waals surface area contributed by atoms with E-state index in [1.807, 2.05) is 35.7 Å². The zero-order chi connectivity index (χ0) is 16.2. The van der Waals surface area contributed by atoms with Crippen molar-refractivity contribution in [2.45, 2.75) is 19.5 Å². The molecule has 0 amide bonds. The van der Waals surface area contributed by atoms with Crippen LogP contribution in [-0.4, -0.2) is 22.9 Å². The van der Waals surface area contributed by atoms with Crippen LogP contribution in [0.1, 0.15) is 5.56 Å². The van der Waals surface area contributed by atoms with E-state index >= 15 is 0 Å². The molecular weight excluding hydrogens is 312 g/mol. The van der Waals surface area contributed by atoms with Gasteiger partial charge in [-0.25, -0.2) is 4.79 Å². The Morgan fingerprint density at radius 2 is 1.83 bits per heavy atom. The van der Waals surface area contributed by atoms with Crippen molar-refractivity contribution < 1.29 is 4.74 Å². The molecule has 0 aliphatic rings. The maximum Gasteiger partial charge on any atom is 0.332 e. The number of methoxy groups -OCH3 is 1. The van der Waals surface area contributed by atoms with Crippen LogP contribution in [0.25, 0.3) is 10.2 Å². The molecule has 0 saturated carbocycles. The lowest BCUT2D eigenvalue weighted by atomic mass is 10.1. The van der Waals surface area contributed by atoms with Gasteiger partial charge in [0.05, 0.1) is 18.5 Å². The Hall–Kier alpha value is -2.18. The van der Waals surface area contributed by atoms with Gasteiger partial charge in [-0.3, -0.25) is 13.9 Å². The summed E-state index contributed by atoms with van der Waals surface area (Å²) >= 11 is 1.41. The van der Waals surface area contributed by atoms with Crippen LogP contribution >= 0.6 is 11.3 Å². The number of aryl methyl sites for hydroxylation is 1. The SMILES string of the molecule is COCCn1c(=O)n(CCc2ccccc2)c(=O)c2ccsc21. The zero-order valence-electron chi connectivity index (χ0n) is 12.9. The molecule has 0 spiro atoms. The molecule has 0 bridgehead atoms. The number of rotatable bonds is 6. The molecule has 5 nitrogen and oxygen atoms in total. The van der Waals surface area contributed by atoms with Crippen LogP contribution in [0.2, 0.25) is 0 Å². The van der Waals surface area contributed by atoms with Gasteiger partial charge in [0.25, 0.3) is 5.56 Å². The molecule has 0 unspecified atom stereocenters. The lowest BCUT2D eigenvalue weighted by molar-refractivity contribution is 0.186. The van der Waals surface area contributed by atoms with Gasteiger partial charge < -0.3 is 4.74 Å². The van der Waals surface area contributed by atoms with Crippen molar-refractivity contribution in [2.24, 2.45) is 0 Å². The maximum atomic E-state index is 12.7. The monoisotopic (exact) mass is 330 g/mol.